The monoisotopic (exact) mass is 521 g/mol. The van der Waals surface area contributed by atoms with Gasteiger partial charge >= 0.3 is 5.97 Å². The molecule has 2 saturated heterocycles. The number of hydrogen-bond acceptors (Lipinski definition) is 8. The fourth-order valence-electron chi connectivity index (χ4n) is 8.25. The number of piperidine rings is 1. The van der Waals surface area contributed by atoms with Crippen molar-refractivity contribution in [3.63, 3.8) is 0 Å². The highest BCUT2D eigenvalue weighted by Crippen LogP contribution is 2.67. The number of aliphatic hydroxyl groups excluding tert-OH is 2. The number of rotatable bonds is 6. The van der Waals surface area contributed by atoms with Gasteiger partial charge in [0.25, 0.3) is 0 Å². The van der Waals surface area contributed by atoms with Gasteiger partial charge in [-0.3, -0.25) is 9.59 Å². The molecule has 210 valence electrons. The second-order valence-corrected chi connectivity index (χ2v) is 13.2. The average Bonchev–Trinajstić information content (AvgIpc) is 2.83. The van der Waals surface area contributed by atoms with Crippen LogP contribution in [-0.2, 0) is 19.1 Å². The van der Waals surface area contributed by atoms with Gasteiger partial charge in [-0.25, -0.2) is 0 Å². The number of Topliss-reactive ketones (excluding diaryl/α,β-unsaturated/α-hetero) is 1. The summed E-state index contributed by atoms with van der Waals surface area (Å²) in [6.07, 6.45) is 3.19. The summed E-state index contributed by atoms with van der Waals surface area (Å²) in [4.78, 5) is 29.3. The van der Waals surface area contributed by atoms with E-state index in [2.05, 4.69) is 11.5 Å². The average molecular weight is 522 g/mol. The van der Waals surface area contributed by atoms with Gasteiger partial charge in [0, 0.05) is 24.2 Å². The second-order valence-electron chi connectivity index (χ2n) is 13.2. The maximum atomic E-state index is 13.8. The van der Waals surface area contributed by atoms with Crippen LogP contribution in [-0.4, -0.2) is 86.7 Å². The zero-order valence-corrected chi connectivity index (χ0v) is 23.3. The predicted octanol–water partition coefficient (Wildman–Crippen LogP) is 2.77. The van der Waals surface area contributed by atoms with E-state index in [-0.39, 0.29) is 12.8 Å². The molecule has 0 spiro atoms. The van der Waals surface area contributed by atoms with E-state index < -0.39 is 63.6 Å². The third-order valence-corrected chi connectivity index (χ3v) is 10.3. The number of carbonyl (C=O) groups excluding carboxylic acids is 2. The normalized spacial score (nSPS) is 46.0. The molecule has 0 radical (unpaired) electrons. The zero-order valence-electron chi connectivity index (χ0n) is 23.3. The number of esters is 1. The topological polar surface area (TPSA) is 117 Å². The number of aliphatic hydroxyl groups is 3. The van der Waals surface area contributed by atoms with Crippen molar-refractivity contribution >= 4 is 11.8 Å². The summed E-state index contributed by atoms with van der Waals surface area (Å²) < 4.78 is 12.4. The molecule has 0 bridgehead atoms. The van der Waals surface area contributed by atoms with Gasteiger partial charge in [-0.05, 0) is 71.0 Å². The smallest absolute Gasteiger partial charge is 0.306 e. The molecule has 0 aromatic rings. The van der Waals surface area contributed by atoms with Crippen molar-refractivity contribution in [2.24, 2.45) is 16.7 Å². The van der Waals surface area contributed by atoms with Gasteiger partial charge in [-0.15, -0.1) is 6.58 Å². The number of fused-ring (bicyclic) bond motifs is 3. The summed E-state index contributed by atoms with van der Waals surface area (Å²) in [6, 6.07) is 0. The molecule has 2 saturated carbocycles. The molecule has 0 aromatic heterocycles. The Hall–Kier alpha value is -1.32. The van der Waals surface area contributed by atoms with E-state index in [1.54, 1.807) is 13.8 Å². The summed E-state index contributed by atoms with van der Waals surface area (Å²) in [5.41, 5.74) is -7.10. The van der Waals surface area contributed by atoms with Gasteiger partial charge in [0.15, 0.2) is 11.4 Å². The van der Waals surface area contributed by atoms with Crippen LogP contribution in [0, 0.1) is 16.7 Å². The van der Waals surface area contributed by atoms with E-state index in [1.807, 2.05) is 13.8 Å². The van der Waals surface area contributed by atoms with Crippen LogP contribution in [0.3, 0.4) is 0 Å². The summed E-state index contributed by atoms with van der Waals surface area (Å²) in [5.74, 6) is -1.61. The van der Waals surface area contributed by atoms with Crippen molar-refractivity contribution in [3.05, 3.63) is 12.7 Å². The molecular formula is C29H47NO7. The van der Waals surface area contributed by atoms with Gasteiger partial charge in [-0.2, -0.15) is 0 Å². The molecular weight excluding hydrogens is 474 g/mol. The molecule has 0 amide bonds. The Morgan fingerprint density at radius 3 is 2.43 bits per heavy atom. The minimum Gasteiger partial charge on any atom is -0.459 e. The lowest BCUT2D eigenvalue weighted by Crippen LogP contribution is -2.86. The number of ether oxygens (including phenoxy) is 2. The number of hydrogen-bond donors (Lipinski definition) is 3. The molecule has 2 heterocycles. The van der Waals surface area contributed by atoms with Crippen LogP contribution in [0.4, 0.5) is 0 Å². The highest BCUT2D eigenvalue weighted by molar-refractivity contribution is 5.92. The first-order valence-electron chi connectivity index (χ1n) is 14.0. The van der Waals surface area contributed by atoms with E-state index in [9.17, 15) is 24.9 Å². The number of likely N-dealkylation sites (tertiary alicyclic amines) is 1. The minimum absolute atomic E-state index is 0.133. The number of nitrogens with zero attached hydrogens (tertiary/aromatic N) is 1. The quantitative estimate of drug-likeness (QED) is 0.361. The first-order valence-corrected chi connectivity index (χ1v) is 14.0. The zero-order chi connectivity index (χ0) is 27.4. The molecule has 3 N–H and O–H groups in total. The van der Waals surface area contributed by atoms with E-state index >= 15 is 0 Å². The fourth-order valence-corrected chi connectivity index (χ4v) is 8.25. The molecule has 4 fully saturated rings. The van der Waals surface area contributed by atoms with Crippen LogP contribution in [0.1, 0.15) is 86.0 Å². The van der Waals surface area contributed by atoms with E-state index in [4.69, 9.17) is 9.47 Å². The van der Waals surface area contributed by atoms with Crippen molar-refractivity contribution in [1.29, 1.82) is 0 Å². The molecule has 0 aromatic carbocycles. The SMILES string of the molecule is C=C[C@@]1(C)CC(=O)[C@]2(O)C3(C)C(C(OC(=O)CCCN4CCCCC4)C(O)[C@@]2(C)O1)C(C)(C)CC[C@@H]3O. The van der Waals surface area contributed by atoms with Gasteiger partial charge < -0.3 is 29.7 Å². The molecule has 2 aliphatic heterocycles. The Balaban J connectivity index is 1.68. The number of ketones is 1. The van der Waals surface area contributed by atoms with Crippen LogP contribution >= 0.6 is 0 Å². The van der Waals surface area contributed by atoms with Crippen molar-refractivity contribution in [1.82, 2.24) is 4.90 Å². The van der Waals surface area contributed by atoms with E-state index in [0.717, 1.165) is 19.6 Å². The highest BCUT2D eigenvalue weighted by atomic mass is 16.6. The van der Waals surface area contributed by atoms with Crippen molar-refractivity contribution in [2.45, 2.75) is 121 Å². The molecule has 4 aliphatic rings. The van der Waals surface area contributed by atoms with Crippen LogP contribution in [0.2, 0.25) is 0 Å². The van der Waals surface area contributed by atoms with E-state index in [0.29, 0.717) is 19.3 Å². The standard InChI is InChI=1S/C29H47NO7/c1-7-26(4)18-20(32)29(35)27(5)19(31)13-14-25(2,3)23(27)22(24(34)28(29,6)37-26)36-21(33)12-11-17-30-15-9-8-10-16-30/h7,19,22-24,31,34-35H,1,8-18H2,2-6H3/t19-,22?,23?,24?,26-,27?,28+,29-/m0/s1. The predicted molar refractivity (Wildman–Crippen MR) is 139 cm³/mol. The van der Waals surface area contributed by atoms with Gasteiger partial charge in [0.05, 0.1) is 11.7 Å². The van der Waals surface area contributed by atoms with Crippen LogP contribution in [0.5, 0.6) is 0 Å². The third-order valence-electron chi connectivity index (χ3n) is 10.3. The molecule has 4 rings (SSSR count). The lowest BCUT2D eigenvalue weighted by atomic mass is 9.40. The van der Waals surface area contributed by atoms with Crippen molar-refractivity contribution < 1.29 is 34.4 Å². The van der Waals surface area contributed by atoms with Crippen molar-refractivity contribution in [3.8, 4) is 0 Å². The summed E-state index contributed by atoms with van der Waals surface area (Å²) in [5, 5.41) is 35.6. The largest absolute Gasteiger partial charge is 0.459 e. The van der Waals surface area contributed by atoms with E-state index in [1.165, 1.54) is 32.3 Å². The van der Waals surface area contributed by atoms with Crippen LogP contribution in [0.25, 0.3) is 0 Å². The Kier molecular flexibility index (Phi) is 7.52. The lowest BCUT2D eigenvalue weighted by Gasteiger charge is -2.71. The molecule has 8 nitrogen and oxygen atoms in total. The Morgan fingerprint density at radius 2 is 1.81 bits per heavy atom. The fraction of sp³-hybridized carbons (Fsp3) is 0.862. The third kappa shape index (κ3) is 4.31. The highest BCUT2D eigenvalue weighted by Gasteiger charge is 2.81. The molecule has 2 aliphatic carbocycles. The maximum Gasteiger partial charge on any atom is 0.306 e. The summed E-state index contributed by atoms with van der Waals surface area (Å²) in [7, 11) is 0. The number of carbonyl (C=O) groups is 2. The molecule has 8 heteroatoms. The maximum absolute atomic E-state index is 13.8. The van der Waals surface area contributed by atoms with Crippen molar-refractivity contribution in [2.75, 3.05) is 19.6 Å². The van der Waals surface area contributed by atoms with Gasteiger partial charge in [-0.1, -0.05) is 33.3 Å². The summed E-state index contributed by atoms with van der Waals surface area (Å²) in [6.45, 7) is 15.6. The molecule has 4 unspecified atom stereocenters. The second kappa shape index (κ2) is 9.70. The van der Waals surface area contributed by atoms with Crippen LogP contribution < -0.4 is 0 Å². The lowest BCUT2D eigenvalue weighted by molar-refractivity contribution is -0.370. The Bertz CT molecular complexity index is 916. The minimum atomic E-state index is -2.19. The molecule has 37 heavy (non-hydrogen) atoms. The Labute approximate surface area is 221 Å². The first-order chi connectivity index (χ1) is 17.2. The Morgan fingerprint density at radius 1 is 1.16 bits per heavy atom. The summed E-state index contributed by atoms with van der Waals surface area (Å²) >= 11 is 0. The van der Waals surface area contributed by atoms with Gasteiger partial charge in [0.2, 0.25) is 0 Å². The first kappa shape index (κ1) is 28.7. The van der Waals surface area contributed by atoms with Gasteiger partial charge in [0.1, 0.15) is 17.8 Å². The van der Waals surface area contributed by atoms with Crippen LogP contribution in [0.15, 0.2) is 12.7 Å². The molecule has 8 atom stereocenters.